The predicted octanol–water partition coefficient (Wildman–Crippen LogP) is 6.47. The average Bonchev–Trinajstić information content (AvgIpc) is 2.41. The van der Waals surface area contributed by atoms with Crippen molar-refractivity contribution >= 4 is 0 Å². The summed E-state index contributed by atoms with van der Waals surface area (Å²) in [6.07, 6.45) is 18.1. The molecule has 0 saturated heterocycles. The lowest BCUT2D eigenvalue weighted by Crippen LogP contribution is -2.39. The summed E-state index contributed by atoms with van der Waals surface area (Å²) in [6.45, 7) is 10.5. The van der Waals surface area contributed by atoms with Gasteiger partial charge in [-0.25, -0.2) is 0 Å². The zero-order valence-corrected chi connectivity index (χ0v) is 14.9. The van der Waals surface area contributed by atoms with E-state index in [0.717, 1.165) is 0 Å². The summed E-state index contributed by atoms with van der Waals surface area (Å²) in [5.74, 6) is 0. The molecule has 0 heterocycles. The molecule has 0 spiro atoms. The third-order valence-corrected chi connectivity index (χ3v) is 4.29. The molecule has 0 unspecified atom stereocenters. The van der Waals surface area contributed by atoms with Gasteiger partial charge in [0.05, 0.1) is 0 Å². The topological polar surface area (TPSA) is 12.0 Å². The number of hydrogen-bond acceptors (Lipinski definition) is 1. The predicted molar refractivity (Wildman–Crippen MR) is 93.5 cm³/mol. The van der Waals surface area contributed by atoms with Crippen molar-refractivity contribution in [2.45, 2.75) is 117 Å². The van der Waals surface area contributed by atoms with Gasteiger partial charge in [0, 0.05) is 5.54 Å². The molecule has 0 aliphatic carbocycles. The summed E-state index contributed by atoms with van der Waals surface area (Å²) in [5, 5.41) is 3.75. The molecule has 0 aliphatic rings. The third-order valence-electron chi connectivity index (χ3n) is 4.29. The Morgan fingerprint density at radius 3 is 1.60 bits per heavy atom. The molecule has 122 valence electrons. The van der Waals surface area contributed by atoms with E-state index in [2.05, 4.69) is 33.0 Å². The number of nitrogens with one attached hydrogen (secondary N) is 1. The molecule has 0 fully saturated rings. The number of unbranched alkanes of at least 4 members (excludes halogenated alkanes) is 10. The van der Waals surface area contributed by atoms with Crippen molar-refractivity contribution in [2.24, 2.45) is 0 Å². The average molecular weight is 284 g/mol. The van der Waals surface area contributed by atoms with Crippen LogP contribution in [0.3, 0.4) is 0 Å². The summed E-state index contributed by atoms with van der Waals surface area (Å²) in [4.78, 5) is 0. The lowest BCUT2D eigenvalue weighted by Gasteiger charge is -2.26. The quantitative estimate of drug-likeness (QED) is 0.340. The van der Waals surface area contributed by atoms with Crippen molar-refractivity contribution in [1.82, 2.24) is 5.32 Å². The normalized spacial score (nSPS) is 12.0. The van der Waals surface area contributed by atoms with Crippen LogP contribution in [-0.4, -0.2) is 12.1 Å². The Bertz CT molecular complexity index is 186. The van der Waals surface area contributed by atoms with Gasteiger partial charge in [0.1, 0.15) is 0 Å². The Morgan fingerprint density at radius 1 is 0.600 bits per heavy atom. The highest BCUT2D eigenvalue weighted by Crippen LogP contribution is 2.15. The van der Waals surface area contributed by atoms with E-state index in [-0.39, 0.29) is 0 Å². The van der Waals surface area contributed by atoms with Crippen molar-refractivity contribution in [3.63, 3.8) is 0 Å². The SMILES string of the molecule is CCCCCCCCCNC(C)(C)CCCCCCC. The fourth-order valence-electron chi connectivity index (χ4n) is 2.77. The van der Waals surface area contributed by atoms with Gasteiger partial charge in [0.2, 0.25) is 0 Å². The lowest BCUT2D eigenvalue weighted by molar-refractivity contribution is 0.343. The molecule has 0 bridgehead atoms. The van der Waals surface area contributed by atoms with Crippen LogP contribution < -0.4 is 5.32 Å². The first-order valence-corrected chi connectivity index (χ1v) is 9.37. The van der Waals surface area contributed by atoms with Gasteiger partial charge in [-0.1, -0.05) is 84.5 Å². The van der Waals surface area contributed by atoms with E-state index in [9.17, 15) is 0 Å². The van der Waals surface area contributed by atoms with Crippen molar-refractivity contribution in [1.29, 1.82) is 0 Å². The Labute approximate surface area is 129 Å². The van der Waals surface area contributed by atoms with E-state index < -0.39 is 0 Å². The van der Waals surface area contributed by atoms with Crippen LogP contribution >= 0.6 is 0 Å². The molecule has 0 amide bonds. The molecule has 0 atom stereocenters. The van der Waals surface area contributed by atoms with Crippen molar-refractivity contribution in [3.8, 4) is 0 Å². The summed E-state index contributed by atoms with van der Waals surface area (Å²) >= 11 is 0. The maximum atomic E-state index is 3.75. The van der Waals surface area contributed by atoms with Crippen LogP contribution in [0.1, 0.15) is 111 Å². The van der Waals surface area contributed by atoms with E-state index in [1.54, 1.807) is 0 Å². The van der Waals surface area contributed by atoms with Crippen molar-refractivity contribution < 1.29 is 0 Å². The Balaban J connectivity index is 3.33. The minimum atomic E-state index is 0.342. The van der Waals surface area contributed by atoms with Gasteiger partial charge >= 0.3 is 0 Å². The summed E-state index contributed by atoms with van der Waals surface area (Å²) in [5.41, 5.74) is 0.342. The molecule has 20 heavy (non-hydrogen) atoms. The monoisotopic (exact) mass is 283 g/mol. The molecule has 1 N–H and O–H groups in total. The van der Waals surface area contributed by atoms with Gasteiger partial charge in [-0.3, -0.25) is 0 Å². The van der Waals surface area contributed by atoms with Crippen LogP contribution in [-0.2, 0) is 0 Å². The molecule has 0 aromatic rings. The molecule has 0 aromatic carbocycles. The number of rotatable bonds is 15. The largest absolute Gasteiger partial charge is 0.312 e. The highest BCUT2D eigenvalue weighted by atomic mass is 14.9. The zero-order valence-electron chi connectivity index (χ0n) is 14.9. The van der Waals surface area contributed by atoms with E-state index in [1.807, 2.05) is 0 Å². The Hall–Kier alpha value is -0.0400. The molecule has 1 heteroatoms. The number of hydrogen-bond donors (Lipinski definition) is 1. The van der Waals surface area contributed by atoms with E-state index in [4.69, 9.17) is 0 Å². The van der Waals surface area contributed by atoms with Gasteiger partial charge in [-0.05, 0) is 33.2 Å². The standard InChI is InChI=1S/C19H41N/c1-5-7-9-11-12-14-16-18-20-19(3,4)17-15-13-10-8-6-2/h20H,5-18H2,1-4H3. The van der Waals surface area contributed by atoms with Crippen molar-refractivity contribution in [3.05, 3.63) is 0 Å². The van der Waals surface area contributed by atoms with Crippen LogP contribution in [0.15, 0.2) is 0 Å². The molecule has 0 rings (SSSR count). The highest BCUT2D eigenvalue weighted by molar-refractivity contribution is 4.76. The first kappa shape index (κ1) is 20.0. The molecular weight excluding hydrogens is 242 g/mol. The summed E-state index contributed by atoms with van der Waals surface area (Å²) in [6, 6.07) is 0. The summed E-state index contributed by atoms with van der Waals surface area (Å²) in [7, 11) is 0. The van der Waals surface area contributed by atoms with Gasteiger partial charge < -0.3 is 5.32 Å². The molecular formula is C19H41N. The first-order chi connectivity index (χ1) is 9.62. The first-order valence-electron chi connectivity index (χ1n) is 9.37. The second-order valence-corrected chi connectivity index (χ2v) is 7.10. The maximum absolute atomic E-state index is 3.75. The highest BCUT2D eigenvalue weighted by Gasteiger charge is 2.15. The molecule has 0 aliphatic heterocycles. The third kappa shape index (κ3) is 14.4. The van der Waals surface area contributed by atoms with E-state index >= 15 is 0 Å². The minimum absolute atomic E-state index is 0.342. The fraction of sp³-hybridized carbons (Fsp3) is 1.00. The smallest absolute Gasteiger partial charge is 0.0125 e. The lowest BCUT2D eigenvalue weighted by atomic mass is 9.96. The summed E-state index contributed by atoms with van der Waals surface area (Å²) < 4.78 is 0. The molecule has 1 nitrogen and oxygen atoms in total. The second kappa shape index (κ2) is 13.9. The molecule has 0 aromatic heterocycles. The van der Waals surface area contributed by atoms with Crippen LogP contribution in [0.5, 0.6) is 0 Å². The second-order valence-electron chi connectivity index (χ2n) is 7.10. The van der Waals surface area contributed by atoms with Gasteiger partial charge in [0.25, 0.3) is 0 Å². The molecule has 0 saturated carbocycles. The van der Waals surface area contributed by atoms with Gasteiger partial charge in [-0.2, -0.15) is 0 Å². The van der Waals surface area contributed by atoms with Gasteiger partial charge in [0.15, 0.2) is 0 Å². The van der Waals surface area contributed by atoms with Crippen LogP contribution in [0, 0.1) is 0 Å². The van der Waals surface area contributed by atoms with E-state index in [1.165, 1.54) is 90.0 Å². The van der Waals surface area contributed by atoms with Crippen molar-refractivity contribution in [2.75, 3.05) is 6.54 Å². The van der Waals surface area contributed by atoms with Crippen LogP contribution in [0.4, 0.5) is 0 Å². The Morgan fingerprint density at radius 2 is 1.05 bits per heavy atom. The van der Waals surface area contributed by atoms with Crippen LogP contribution in [0.25, 0.3) is 0 Å². The minimum Gasteiger partial charge on any atom is -0.312 e. The van der Waals surface area contributed by atoms with Gasteiger partial charge in [-0.15, -0.1) is 0 Å². The van der Waals surface area contributed by atoms with E-state index in [0.29, 0.717) is 5.54 Å². The van der Waals surface area contributed by atoms with Crippen LogP contribution in [0.2, 0.25) is 0 Å². The zero-order chi connectivity index (χ0) is 15.1. The fourth-order valence-corrected chi connectivity index (χ4v) is 2.77. The maximum Gasteiger partial charge on any atom is 0.0125 e. The molecule has 0 radical (unpaired) electrons. The Kier molecular flexibility index (Phi) is 13.9.